The Bertz CT molecular complexity index is 1020. The van der Waals surface area contributed by atoms with Crippen LogP contribution in [0.15, 0.2) is 53.3 Å². The van der Waals surface area contributed by atoms with Gasteiger partial charge < -0.3 is 9.88 Å². The molecule has 1 aromatic carbocycles. The Kier molecular flexibility index (Phi) is 4.15. The number of hydrogen-bond donors (Lipinski definition) is 1. The molecule has 4 nitrogen and oxygen atoms in total. The Labute approximate surface area is 162 Å². The Morgan fingerprint density at radius 3 is 2.68 bits per heavy atom. The highest BCUT2D eigenvalue weighted by atomic mass is 79.9. The fourth-order valence-corrected chi connectivity index (χ4v) is 3.60. The van der Waals surface area contributed by atoms with E-state index >= 15 is 0 Å². The Morgan fingerprint density at radius 1 is 1.16 bits per heavy atom. The fraction of sp³-hybridized carbons (Fsp3) is 0. The van der Waals surface area contributed by atoms with E-state index in [1.807, 2.05) is 47.2 Å². The minimum absolute atomic E-state index is 0.183. The Balaban J connectivity index is 1.83. The van der Waals surface area contributed by atoms with E-state index in [1.54, 1.807) is 12.3 Å². The highest BCUT2D eigenvalue weighted by molar-refractivity contribution is 9.10. The largest absolute Gasteiger partial charge is 0.317 e. The van der Waals surface area contributed by atoms with E-state index in [1.165, 1.54) is 0 Å². The zero-order chi connectivity index (χ0) is 17.6. The molecule has 25 heavy (non-hydrogen) atoms. The molecule has 0 saturated carbocycles. The highest BCUT2D eigenvalue weighted by Gasteiger charge is 2.25. The summed E-state index contributed by atoms with van der Waals surface area (Å²) < 4.78 is 2.73. The Hall–Kier alpha value is -2.08. The van der Waals surface area contributed by atoms with Crippen LogP contribution in [0, 0.1) is 0 Å². The second-order valence-corrected chi connectivity index (χ2v) is 7.28. The first-order chi connectivity index (χ1) is 12.0. The van der Waals surface area contributed by atoms with Crippen LogP contribution in [0.5, 0.6) is 0 Å². The number of amides is 1. The number of halogens is 3. The van der Waals surface area contributed by atoms with Gasteiger partial charge in [0, 0.05) is 43.9 Å². The van der Waals surface area contributed by atoms with Gasteiger partial charge in [0.2, 0.25) is 0 Å². The van der Waals surface area contributed by atoms with Crippen molar-refractivity contribution in [1.82, 2.24) is 9.55 Å². The van der Waals surface area contributed by atoms with Crippen LogP contribution in [-0.2, 0) is 4.79 Å². The van der Waals surface area contributed by atoms with E-state index in [0.717, 1.165) is 21.4 Å². The molecule has 7 heteroatoms. The van der Waals surface area contributed by atoms with E-state index in [0.29, 0.717) is 21.4 Å². The lowest BCUT2D eigenvalue weighted by atomic mass is 10.1. The van der Waals surface area contributed by atoms with E-state index < -0.39 is 0 Å². The van der Waals surface area contributed by atoms with Gasteiger partial charge in [0.1, 0.15) is 5.82 Å². The van der Waals surface area contributed by atoms with Crippen LogP contribution in [0.1, 0.15) is 11.3 Å². The number of rotatable bonds is 2. The number of pyridine rings is 1. The lowest BCUT2D eigenvalue weighted by Gasteiger charge is -2.08. The van der Waals surface area contributed by atoms with Gasteiger partial charge in [-0.3, -0.25) is 4.79 Å². The number of carbonyl (C=O) groups is 1. The second-order valence-electron chi connectivity index (χ2n) is 5.49. The molecular formula is C18H10BrCl2N3O. The van der Waals surface area contributed by atoms with Crippen molar-refractivity contribution in [3.05, 3.63) is 74.6 Å². The van der Waals surface area contributed by atoms with Crippen molar-refractivity contribution in [3.8, 4) is 5.69 Å². The summed E-state index contributed by atoms with van der Waals surface area (Å²) in [6, 6.07) is 11.0. The molecule has 124 valence electrons. The van der Waals surface area contributed by atoms with E-state index in [2.05, 4.69) is 26.2 Å². The minimum Gasteiger partial charge on any atom is -0.317 e. The second kappa shape index (κ2) is 6.33. The van der Waals surface area contributed by atoms with Crippen molar-refractivity contribution in [2.24, 2.45) is 0 Å². The summed E-state index contributed by atoms with van der Waals surface area (Å²) in [6.45, 7) is 0. The van der Waals surface area contributed by atoms with Crippen LogP contribution in [0.25, 0.3) is 17.3 Å². The molecule has 0 bridgehead atoms. The van der Waals surface area contributed by atoms with E-state index in [4.69, 9.17) is 23.2 Å². The van der Waals surface area contributed by atoms with Crippen LogP contribution in [0.3, 0.4) is 0 Å². The summed E-state index contributed by atoms with van der Waals surface area (Å²) in [5.74, 6) is 0.376. The quantitative estimate of drug-likeness (QED) is 0.546. The number of hydrogen-bond acceptors (Lipinski definition) is 2. The zero-order valence-electron chi connectivity index (χ0n) is 12.6. The molecule has 0 aliphatic carbocycles. The number of carbonyl (C=O) groups excluding carboxylic acids is 1. The molecule has 1 amide bonds. The molecule has 3 aromatic rings. The van der Waals surface area contributed by atoms with Crippen LogP contribution >= 0.6 is 39.1 Å². The summed E-state index contributed by atoms with van der Waals surface area (Å²) in [5.41, 5.74) is 2.96. The summed E-state index contributed by atoms with van der Waals surface area (Å²) >= 11 is 15.6. The number of anilines is 1. The summed E-state index contributed by atoms with van der Waals surface area (Å²) in [4.78, 5) is 16.6. The van der Waals surface area contributed by atoms with Gasteiger partial charge in [0.05, 0.1) is 5.57 Å². The topological polar surface area (TPSA) is 46.9 Å². The molecule has 0 radical (unpaired) electrons. The summed E-state index contributed by atoms with van der Waals surface area (Å²) in [6.07, 6.45) is 5.37. The third kappa shape index (κ3) is 3.11. The normalized spacial score (nSPS) is 14.7. The first kappa shape index (κ1) is 16.4. The summed E-state index contributed by atoms with van der Waals surface area (Å²) in [5, 5.41) is 3.87. The average molecular weight is 435 g/mol. The maximum absolute atomic E-state index is 12.3. The van der Waals surface area contributed by atoms with E-state index in [9.17, 15) is 4.79 Å². The number of nitrogens with zero attached hydrogens (tertiary/aromatic N) is 2. The van der Waals surface area contributed by atoms with Gasteiger partial charge in [-0.25, -0.2) is 4.98 Å². The molecule has 0 fully saturated rings. The number of nitrogens with one attached hydrogen (secondary N) is 1. The van der Waals surface area contributed by atoms with Crippen molar-refractivity contribution in [3.63, 3.8) is 0 Å². The smallest absolute Gasteiger partial charge is 0.257 e. The lowest BCUT2D eigenvalue weighted by molar-refractivity contribution is -0.110. The van der Waals surface area contributed by atoms with Gasteiger partial charge in [0.25, 0.3) is 5.91 Å². The highest BCUT2D eigenvalue weighted by Crippen LogP contribution is 2.34. The molecule has 1 N–H and O–H groups in total. The van der Waals surface area contributed by atoms with Crippen LogP contribution in [-0.4, -0.2) is 15.5 Å². The van der Waals surface area contributed by atoms with E-state index in [-0.39, 0.29) is 5.91 Å². The first-order valence-electron chi connectivity index (χ1n) is 7.34. The standard InChI is InChI=1S/C18H10BrCl2N3O/c19-10-4-15-16(18(25)23-17(15)22-9-10)8-13-2-1-3-24(13)14-6-11(20)5-12(21)7-14/h1-9H,(H,22,23,25)/b16-8-. The van der Waals surface area contributed by atoms with Crippen molar-refractivity contribution >= 4 is 62.5 Å². The number of aromatic nitrogens is 2. The minimum atomic E-state index is -0.183. The molecule has 0 saturated heterocycles. The SMILES string of the molecule is O=C1Nc2ncc(Br)cc2/C1=C/c1cccn1-c1cc(Cl)cc(Cl)c1. The van der Waals surface area contributed by atoms with Crippen molar-refractivity contribution in [1.29, 1.82) is 0 Å². The molecule has 1 aliphatic rings. The first-order valence-corrected chi connectivity index (χ1v) is 8.89. The Morgan fingerprint density at radius 2 is 1.92 bits per heavy atom. The maximum Gasteiger partial charge on any atom is 0.257 e. The third-order valence-corrected chi connectivity index (χ3v) is 4.69. The fourth-order valence-electron chi connectivity index (χ4n) is 2.76. The molecule has 1 aliphatic heterocycles. The van der Waals surface area contributed by atoms with Crippen LogP contribution < -0.4 is 5.32 Å². The van der Waals surface area contributed by atoms with Gasteiger partial charge in [-0.1, -0.05) is 23.2 Å². The molecule has 4 rings (SSSR count). The molecular weight excluding hydrogens is 425 g/mol. The average Bonchev–Trinajstić information content (AvgIpc) is 3.12. The van der Waals surface area contributed by atoms with Gasteiger partial charge in [-0.15, -0.1) is 0 Å². The zero-order valence-corrected chi connectivity index (χ0v) is 15.7. The van der Waals surface area contributed by atoms with Crippen LogP contribution in [0.2, 0.25) is 10.0 Å². The van der Waals surface area contributed by atoms with Gasteiger partial charge in [0.15, 0.2) is 0 Å². The maximum atomic E-state index is 12.3. The predicted molar refractivity (Wildman–Crippen MR) is 104 cm³/mol. The van der Waals surface area contributed by atoms with Gasteiger partial charge >= 0.3 is 0 Å². The van der Waals surface area contributed by atoms with Crippen molar-refractivity contribution in [2.45, 2.75) is 0 Å². The monoisotopic (exact) mass is 433 g/mol. The van der Waals surface area contributed by atoms with Crippen LogP contribution in [0.4, 0.5) is 5.82 Å². The lowest BCUT2D eigenvalue weighted by Crippen LogP contribution is -2.04. The van der Waals surface area contributed by atoms with Crippen molar-refractivity contribution < 1.29 is 4.79 Å². The molecule has 0 spiro atoms. The third-order valence-electron chi connectivity index (χ3n) is 3.82. The van der Waals surface area contributed by atoms with Crippen molar-refractivity contribution in [2.75, 3.05) is 5.32 Å². The summed E-state index contributed by atoms with van der Waals surface area (Å²) in [7, 11) is 0. The van der Waals surface area contributed by atoms with Gasteiger partial charge in [-0.05, 0) is 58.4 Å². The molecule has 0 atom stereocenters. The number of benzene rings is 1. The molecule has 2 aromatic heterocycles. The predicted octanol–water partition coefficient (Wildman–Crippen LogP) is 5.43. The van der Waals surface area contributed by atoms with Gasteiger partial charge in [-0.2, -0.15) is 0 Å². The molecule has 3 heterocycles. The number of fused-ring (bicyclic) bond motifs is 1. The molecule has 0 unspecified atom stereocenters.